The van der Waals surface area contributed by atoms with Crippen molar-refractivity contribution in [3.63, 3.8) is 0 Å². The van der Waals surface area contributed by atoms with Crippen molar-refractivity contribution < 1.29 is 36.6 Å². The largest absolute Gasteiger partial charge is 0.573 e. The number of benzene rings is 1. The molecular formula is C21H21ClF4N4O4. The fourth-order valence-electron chi connectivity index (χ4n) is 3.58. The minimum atomic E-state index is -4.93. The molecule has 1 aromatic carbocycles. The Balaban J connectivity index is 2.07. The van der Waals surface area contributed by atoms with Crippen LogP contribution in [0.4, 0.5) is 23.2 Å². The molecule has 1 aliphatic rings. The number of ether oxygens (including phenoxy) is 2. The SMILES string of the molecule is C[C@@](C(=O)NC1CCOCC1)(c1cncnc1)N(C(=O)[C@H](F)Cl)c1ccc(OC(F)(F)F)cc1. The molecule has 1 aliphatic heterocycles. The summed E-state index contributed by atoms with van der Waals surface area (Å²) in [5, 5.41) is 2.84. The Bertz CT molecular complexity index is 989. The average Bonchev–Trinajstić information content (AvgIpc) is 2.80. The summed E-state index contributed by atoms with van der Waals surface area (Å²) in [6.07, 6.45) is -0.137. The highest BCUT2D eigenvalue weighted by molar-refractivity contribution is 6.32. The third kappa shape index (κ3) is 5.92. The number of amides is 2. The topological polar surface area (TPSA) is 93.6 Å². The lowest BCUT2D eigenvalue weighted by Crippen LogP contribution is -2.60. The lowest BCUT2D eigenvalue weighted by atomic mass is 9.89. The van der Waals surface area contributed by atoms with Gasteiger partial charge in [-0.2, -0.15) is 0 Å². The highest BCUT2D eigenvalue weighted by atomic mass is 35.5. The normalized spacial score (nSPS) is 17.4. The van der Waals surface area contributed by atoms with Crippen LogP contribution in [0.15, 0.2) is 43.0 Å². The molecule has 2 amide bonds. The Hall–Kier alpha value is -2.99. The first kappa shape index (κ1) is 25.6. The van der Waals surface area contributed by atoms with E-state index >= 15 is 0 Å². The maximum absolute atomic E-state index is 14.1. The second kappa shape index (κ2) is 10.5. The third-order valence-electron chi connectivity index (χ3n) is 5.30. The van der Waals surface area contributed by atoms with Gasteiger partial charge < -0.3 is 14.8 Å². The van der Waals surface area contributed by atoms with E-state index in [2.05, 4.69) is 20.0 Å². The zero-order valence-corrected chi connectivity index (χ0v) is 18.6. The molecule has 1 saturated heterocycles. The van der Waals surface area contributed by atoms with Crippen molar-refractivity contribution in [2.75, 3.05) is 18.1 Å². The molecule has 2 atom stereocenters. The van der Waals surface area contributed by atoms with Crippen LogP contribution in [0.2, 0.25) is 0 Å². The summed E-state index contributed by atoms with van der Waals surface area (Å²) >= 11 is 5.47. The lowest BCUT2D eigenvalue weighted by molar-refractivity contribution is -0.274. The number of hydrogen-bond donors (Lipinski definition) is 1. The third-order valence-corrected chi connectivity index (χ3v) is 5.49. The van der Waals surface area contributed by atoms with Crippen molar-refractivity contribution in [1.82, 2.24) is 15.3 Å². The number of aromatic nitrogens is 2. The van der Waals surface area contributed by atoms with Gasteiger partial charge in [-0.1, -0.05) is 11.6 Å². The average molecular weight is 505 g/mol. The molecule has 0 aliphatic carbocycles. The number of alkyl halides is 5. The maximum Gasteiger partial charge on any atom is 0.573 e. The van der Waals surface area contributed by atoms with E-state index in [0.717, 1.165) is 29.2 Å². The predicted molar refractivity (Wildman–Crippen MR) is 113 cm³/mol. The Morgan fingerprint density at radius 3 is 2.29 bits per heavy atom. The minimum Gasteiger partial charge on any atom is -0.406 e. The number of carbonyl (C=O) groups is 2. The number of carbonyl (C=O) groups excluding carboxylic acids is 2. The highest BCUT2D eigenvalue weighted by Gasteiger charge is 2.47. The molecule has 1 N–H and O–H groups in total. The standard InChI is InChI=1S/C21H21ClF4N4O4/c1-20(13-10-27-12-28-11-13,19(32)29-14-6-8-33-9-7-14)30(18(31)17(22)23)15-2-4-16(5-3-15)34-21(24,25)26/h2-5,10-12,14,17H,6-9H2,1H3,(H,29,32)/t17-,20-/m0/s1. The van der Waals surface area contributed by atoms with Crippen molar-refractivity contribution in [2.24, 2.45) is 0 Å². The number of nitrogens with zero attached hydrogens (tertiary/aromatic N) is 3. The van der Waals surface area contributed by atoms with Gasteiger partial charge >= 0.3 is 6.36 Å². The van der Waals surface area contributed by atoms with Gasteiger partial charge in [0.15, 0.2) is 5.54 Å². The summed E-state index contributed by atoms with van der Waals surface area (Å²) < 4.78 is 60.9. The summed E-state index contributed by atoms with van der Waals surface area (Å²) in [5.74, 6) is -2.56. The molecule has 34 heavy (non-hydrogen) atoms. The van der Waals surface area contributed by atoms with Crippen LogP contribution < -0.4 is 15.0 Å². The predicted octanol–water partition coefficient (Wildman–Crippen LogP) is 3.45. The van der Waals surface area contributed by atoms with Crippen LogP contribution in [0.5, 0.6) is 5.75 Å². The van der Waals surface area contributed by atoms with Crippen LogP contribution in [-0.2, 0) is 19.9 Å². The monoisotopic (exact) mass is 504 g/mol. The van der Waals surface area contributed by atoms with Crippen LogP contribution in [0, 0.1) is 0 Å². The maximum atomic E-state index is 14.1. The molecule has 8 nitrogen and oxygen atoms in total. The van der Waals surface area contributed by atoms with Gasteiger partial charge in [0.25, 0.3) is 17.4 Å². The second-order valence-electron chi connectivity index (χ2n) is 7.58. The highest BCUT2D eigenvalue weighted by Crippen LogP contribution is 2.36. The van der Waals surface area contributed by atoms with E-state index in [1.165, 1.54) is 25.6 Å². The van der Waals surface area contributed by atoms with Crippen LogP contribution in [0.3, 0.4) is 0 Å². The lowest BCUT2D eigenvalue weighted by Gasteiger charge is -2.41. The molecular weight excluding hydrogens is 484 g/mol. The van der Waals surface area contributed by atoms with Crippen molar-refractivity contribution in [3.8, 4) is 5.75 Å². The summed E-state index contributed by atoms with van der Waals surface area (Å²) in [5.41, 5.74) is -4.44. The van der Waals surface area contributed by atoms with Crippen LogP contribution in [0.25, 0.3) is 0 Å². The van der Waals surface area contributed by atoms with Gasteiger partial charge in [-0.3, -0.25) is 14.5 Å². The molecule has 184 valence electrons. The number of rotatable bonds is 7. The number of hydrogen-bond acceptors (Lipinski definition) is 6. The molecule has 3 rings (SSSR count). The first-order chi connectivity index (χ1) is 16.0. The van der Waals surface area contributed by atoms with Crippen molar-refractivity contribution in [2.45, 2.75) is 43.3 Å². The van der Waals surface area contributed by atoms with Crippen molar-refractivity contribution in [3.05, 3.63) is 48.5 Å². The smallest absolute Gasteiger partial charge is 0.406 e. The van der Waals surface area contributed by atoms with Crippen molar-refractivity contribution in [1.29, 1.82) is 0 Å². The Labute approximate surface area is 197 Å². The molecule has 1 aromatic heterocycles. The minimum absolute atomic E-state index is 0.101. The molecule has 0 unspecified atom stereocenters. The Morgan fingerprint density at radius 1 is 1.18 bits per heavy atom. The van der Waals surface area contributed by atoms with Crippen LogP contribution >= 0.6 is 11.6 Å². The van der Waals surface area contributed by atoms with Gasteiger partial charge in [0.1, 0.15) is 12.1 Å². The Kier molecular flexibility index (Phi) is 7.93. The Morgan fingerprint density at radius 2 is 1.76 bits per heavy atom. The fraction of sp³-hybridized carbons (Fsp3) is 0.429. The number of nitrogens with one attached hydrogen (secondary N) is 1. The number of anilines is 1. The molecule has 0 spiro atoms. The summed E-state index contributed by atoms with van der Waals surface area (Å²) in [7, 11) is 0. The van der Waals surface area contributed by atoms with Gasteiger partial charge in [-0.25, -0.2) is 14.4 Å². The molecule has 0 radical (unpaired) electrons. The molecule has 13 heteroatoms. The van der Waals surface area contributed by atoms with Gasteiger partial charge in [-0.15, -0.1) is 13.2 Å². The van der Waals surface area contributed by atoms with Gasteiger partial charge in [0.2, 0.25) is 0 Å². The summed E-state index contributed by atoms with van der Waals surface area (Å²) in [6, 6.07) is 3.76. The van der Waals surface area contributed by atoms with Gasteiger partial charge in [-0.05, 0) is 44.0 Å². The van der Waals surface area contributed by atoms with E-state index in [9.17, 15) is 27.2 Å². The molecule has 0 saturated carbocycles. The molecule has 2 aromatic rings. The van der Waals surface area contributed by atoms with E-state index in [0.29, 0.717) is 26.1 Å². The van der Waals surface area contributed by atoms with Crippen molar-refractivity contribution >= 4 is 29.1 Å². The fourth-order valence-corrected chi connectivity index (χ4v) is 3.68. The first-order valence-electron chi connectivity index (χ1n) is 10.1. The first-order valence-corrected chi connectivity index (χ1v) is 10.6. The van der Waals surface area contributed by atoms with Crippen LogP contribution in [-0.4, -0.2) is 53.0 Å². The number of halogens is 5. The zero-order valence-electron chi connectivity index (χ0n) is 17.9. The summed E-state index contributed by atoms with van der Waals surface area (Å²) in [6.45, 7) is 2.19. The van der Waals surface area contributed by atoms with E-state index in [-0.39, 0.29) is 17.3 Å². The van der Waals surface area contributed by atoms with Gasteiger partial charge in [0, 0.05) is 42.9 Å². The zero-order chi connectivity index (χ0) is 24.9. The van der Waals surface area contributed by atoms with E-state index in [1.54, 1.807) is 0 Å². The summed E-state index contributed by atoms with van der Waals surface area (Å²) in [4.78, 5) is 35.1. The van der Waals surface area contributed by atoms with E-state index < -0.39 is 35.1 Å². The molecule has 1 fully saturated rings. The quantitative estimate of drug-likeness (QED) is 0.458. The van der Waals surface area contributed by atoms with Crippen LogP contribution in [0.1, 0.15) is 25.3 Å². The molecule has 0 bridgehead atoms. The van der Waals surface area contributed by atoms with E-state index in [1.807, 2.05) is 0 Å². The molecule has 2 heterocycles. The second-order valence-corrected chi connectivity index (χ2v) is 7.96. The van der Waals surface area contributed by atoms with E-state index in [4.69, 9.17) is 16.3 Å². The van der Waals surface area contributed by atoms with Gasteiger partial charge in [0.05, 0.1) is 0 Å².